The SMILES string of the molecule is CCOC(=O)C1=C(C(=O)OCC)C(C)(C)C=CC1. The van der Waals surface area contributed by atoms with E-state index in [4.69, 9.17) is 9.47 Å². The molecule has 0 unspecified atom stereocenters. The molecule has 0 aliphatic heterocycles. The molecule has 0 amide bonds. The maximum atomic E-state index is 12.0. The van der Waals surface area contributed by atoms with Crippen LogP contribution < -0.4 is 0 Å². The average Bonchev–Trinajstić information content (AvgIpc) is 2.27. The predicted molar refractivity (Wildman–Crippen MR) is 67.8 cm³/mol. The third-order valence-electron chi connectivity index (χ3n) is 2.80. The number of hydrogen-bond acceptors (Lipinski definition) is 4. The second-order valence-electron chi connectivity index (χ2n) is 4.62. The summed E-state index contributed by atoms with van der Waals surface area (Å²) in [6.07, 6.45) is 4.22. The highest BCUT2D eigenvalue weighted by atomic mass is 16.5. The molecule has 0 N–H and O–H groups in total. The summed E-state index contributed by atoms with van der Waals surface area (Å²) in [5, 5.41) is 0. The molecule has 0 aromatic rings. The molecule has 1 rings (SSSR count). The largest absolute Gasteiger partial charge is 0.463 e. The Labute approximate surface area is 108 Å². The molecule has 0 aromatic heterocycles. The number of esters is 2. The Morgan fingerprint density at radius 1 is 1.17 bits per heavy atom. The summed E-state index contributed by atoms with van der Waals surface area (Å²) >= 11 is 0. The van der Waals surface area contributed by atoms with Crippen LogP contribution in [-0.4, -0.2) is 25.2 Å². The summed E-state index contributed by atoms with van der Waals surface area (Å²) in [6, 6.07) is 0. The lowest BCUT2D eigenvalue weighted by Gasteiger charge is -2.28. The van der Waals surface area contributed by atoms with Crippen LogP contribution in [0.2, 0.25) is 0 Å². The first-order chi connectivity index (χ1) is 8.44. The van der Waals surface area contributed by atoms with E-state index in [9.17, 15) is 9.59 Å². The third-order valence-corrected chi connectivity index (χ3v) is 2.80. The quantitative estimate of drug-likeness (QED) is 0.569. The molecule has 0 fully saturated rings. The van der Waals surface area contributed by atoms with Crippen molar-refractivity contribution in [2.75, 3.05) is 13.2 Å². The van der Waals surface area contributed by atoms with Gasteiger partial charge in [0.05, 0.1) is 24.4 Å². The van der Waals surface area contributed by atoms with Crippen LogP contribution in [0.3, 0.4) is 0 Å². The fourth-order valence-electron chi connectivity index (χ4n) is 2.04. The lowest BCUT2D eigenvalue weighted by Crippen LogP contribution is -2.28. The molecule has 18 heavy (non-hydrogen) atoms. The first-order valence-electron chi connectivity index (χ1n) is 6.19. The van der Waals surface area contributed by atoms with E-state index in [1.165, 1.54) is 0 Å². The highest BCUT2D eigenvalue weighted by Crippen LogP contribution is 2.36. The van der Waals surface area contributed by atoms with Crippen molar-refractivity contribution in [1.82, 2.24) is 0 Å². The van der Waals surface area contributed by atoms with Gasteiger partial charge in [-0.2, -0.15) is 0 Å². The van der Waals surface area contributed by atoms with Gasteiger partial charge in [0.15, 0.2) is 0 Å². The summed E-state index contributed by atoms with van der Waals surface area (Å²) in [5.41, 5.74) is 0.306. The molecule has 0 radical (unpaired) electrons. The van der Waals surface area contributed by atoms with Crippen molar-refractivity contribution >= 4 is 11.9 Å². The van der Waals surface area contributed by atoms with E-state index < -0.39 is 17.4 Å². The molecule has 0 saturated heterocycles. The molecule has 0 saturated carbocycles. The van der Waals surface area contributed by atoms with Gasteiger partial charge in [-0.05, 0) is 20.3 Å². The average molecular weight is 252 g/mol. The Hall–Kier alpha value is -1.58. The molecule has 0 spiro atoms. The van der Waals surface area contributed by atoms with Gasteiger partial charge in [0.2, 0.25) is 0 Å². The molecular weight excluding hydrogens is 232 g/mol. The summed E-state index contributed by atoms with van der Waals surface area (Å²) in [5.74, 6) is -0.868. The standard InChI is InChI=1S/C14H20O4/c1-5-17-12(15)10-8-7-9-14(3,4)11(10)13(16)18-6-2/h7,9H,5-6,8H2,1-4H3. The minimum absolute atomic E-state index is 0.290. The van der Waals surface area contributed by atoms with Crippen LogP contribution in [0, 0.1) is 5.41 Å². The van der Waals surface area contributed by atoms with E-state index in [1.54, 1.807) is 13.8 Å². The van der Waals surface area contributed by atoms with Crippen LogP contribution in [0.5, 0.6) is 0 Å². The van der Waals surface area contributed by atoms with Gasteiger partial charge in [-0.3, -0.25) is 0 Å². The Bertz CT molecular complexity index is 402. The van der Waals surface area contributed by atoms with Crippen LogP contribution in [0.1, 0.15) is 34.1 Å². The topological polar surface area (TPSA) is 52.6 Å². The van der Waals surface area contributed by atoms with Gasteiger partial charge in [0, 0.05) is 5.41 Å². The molecule has 100 valence electrons. The van der Waals surface area contributed by atoms with Crippen molar-refractivity contribution in [2.45, 2.75) is 34.1 Å². The number of allylic oxidation sites excluding steroid dienone is 2. The molecule has 0 bridgehead atoms. The zero-order valence-electron chi connectivity index (χ0n) is 11.4. The second-order valence-corrected chi connectivity index (χ2v) is 4.62. The summed E-state index contributed by atoms with van der Waals surface area (Å²) < 4.78 is 10.0. The summed E-state index contributed by atoms with van der Waals surface area (Å²) in [7, 11) is 0. The van der Waals surface area contributed by atoms with Crippen molar-refractivity contribution in [3.8, 4) is 0 Å². The molecule has 4 nitrogen and oxygen atoms in total. The Kier molecular flexibility index (Phi) is 4.70. The molecule has 0 heterocycles. The predicted octanol–water partition coefficient (Wildman–Crippen LogP) is 2.40. The molecular formula is C14H20O4. The zero-order chi connectivity index (χ0) is 13.8. The molecule has 1 aliphatic rings. The maximum absolute atomic E-state index is 12.0. The van der Waals surface area contributed by atoms with Gasteiger partial charge < -0.3 is 9.47 Å². The summed E-state index contributed by atoms with van der Waals surface area (Å²) in [4.78, 5) is 23.9. The smallest absolute Gasteiger partial charge is 0.335 e. The van der Waals surface area contributed by atoms with Crippen LogP contribution in [0.25, 0.3) is 0 Å². The van der Waals surface area contributed by atoms with E-state index in [0.717, 1.165) is 0 Å². The van der Waals surface area contributed by atoms with Crippen molar-refractivity contribution in [3.05, 3.63) is 23.3 Å². The first-order valence-corrected chi connectivity index (χ1v) is 6.19. The lowest BCUT2D eigenvalue weighted by molar-refractivity contribution is -0.142. The van der Waals surface area contributed by atoms with Gasteiger partial charge in [0.1, 0.15) is 0 Å². The van der Waals surface area contributed by atoms with Gasteiger partial charge in [-0.1, -0.05) is 26.0 Å². The van der Waals surface area contributed by atoms with E-state index in [0.29, 0.717) is 24.2 Å². The van der Waals surface area contributed by atoms with E-state index in [1.807, 2.05) is 26.0 Å². The number of rotatable bonds is 4. The Morgan fingerprint density at radius 2 is 1.72 bits per heavy atom. The second kappa shape index (κ2) is 5.85. The van der Waals surface area contributed by atoms with E-state index >= 15 is 0 Å². The van der Waals surface area contributed by atoms with E-state index in [2.05, 4.69) is 0 Å². The minimum Gasteiger partial charge on any atom is -0.463 e. The van der Waals surface area contributed by atoms with Crippen LogP contribution in [0.4, 0.5) is 0 Å². The van der Waals surface area contributed by atoms with Crippen molar-refractivity contribution in [1.29, 1.82) is 0 Å². The van der Waals surface area contributed by atoms with Gasteiger partial charge in [-0.25, -0.2) is 9.59 Å². The normalized spacial score (nSPS) is 17.6. The number of carbonyl (C=O) groups is 2. The molecule has 0 aromatic carbocycles. The van der Waals surface area contributed by atoms with Gasteiger partial charge >= 0.3 is 11.9 Å². The fraction of sp³-hybridized carbons (Fsp3) is 0.571. The van der Waals surface area contributed by atoms with Crippen molar-refractivity contribution < 1.29 is 19.1 Å². The first kappa shape index (κ1) is 14.5. The van der Waals surface area contributed by atoms with Gasteiger partial charge in [0.25, 0.3) is 0 Å². The van der Waals surface area contributed by atoms with Crippen LogP contribution in [0.15, 0.2) is 23.3 Å². The highest BCUT2D eigenvalue weighted by Gasteiger charge is 2.35. The zero-order valence-corrected chi connectivity index (χ0v) is 11.4. The van der Waals surface area contributed by atoms with Crippen LogP contribution in [-0.2, 0) is 19.1 Å². The number of carbonyl (C=O) groups excluding carboxylic acids is 2. The number of ether oxygens (including phenoxy) is 2. The Morgan fingerprint density at radius 3 is 2.28 bits per heavy atom. The monoisotopic (exact) mass is 252 g/mol. The molecule has 0 atom stereocenters. The van der Waals surface area contributed by atoms with Gasteiger partial charge in [-0.15, -0.1) is 0 Å². The molecule has 4 heteroatoms. The minimum atomic E-state index is -0.507. The Balaban J connectivity index is 3.17. The van der Waals surface area contributed by atoms with Crippen LogP contribution >= 0.6 is 0 Å². The summed E-state index contributed by atoms with van der Waals surface area (Å²) in [6.45, 7) is 7.84. The van der Waals surface area contributed by atoms with E-state index in [-0.39, 0.29) is 6.61 Å². The maximum Gasteiger partial charge on any atom is 0.335 e. The highest BCUT2D eigenvalue weighted by molar-refractivity contribution is 6.02. The van der Waals surface area contributed by atoms with Crippen molar-refractivity contribution in [3.63, 3.8) is 0 Å². The lowest BCUT2D eigenvalue weighted by atomic mass is 9.77. The fourth-order valence-corrected chi connectivity index (χ4v) is 2.04. The number of hydrogen-bond donors (Lipinski definition) is 0. The third kappa shape index (κ3) is 3.00. The van der Waals surface area contributed by atoms with Crippen molar-refractivity contribution in [2.24, 2.45) is 5.41 Å². The molecule has 1 aliphatic carbocycles.